The third-order valence-corrected chi connectivity index (χ3v) is 4.45. The van der Waals surface area contributed by atoms with Crippen LogP contribution >= 0.6 is 0 Å². The number of esters is 1. The van der Waals surface area contributed by atoms with E-state index in [1.807, 2.05) is 6.92 Å². The van der Waals surface area contributed by atoms with E-state index < -0.39 is 0 Å². The van der Waals surface area contributed by atoms with E-state index in [4.69, 9.17) is 4.74 Å². The van der Waals surface area contributed by atoms with Gasteiger partial charge in [0.05, 0.1) is 17.8 Å². The lowest BCUT2D eigenvalue weighted by molar-refractivity contribution is 0.0526. The summed E-state index contributed by atoms with van der Waals surface area (Å²) >= 11 is 0. The highest BCUT2D eigenvalue weighted by molar-refractivity contribution is 6.06. The van der Waals surface area contributed by atoms with Crippen molar-refractivity contribution in [3.8, 4) is 0 Å². The molecule has 1 aromatic carbocycles. The van der Waals surface area contributed by atoms with Crippen LogP contribution in [0.3, 0.4) is 0 Å². The van der Waals surface area contributed by atoms with Crippen LogP contribution in [0.25, 0.3) is 10.9 Å². The number of ether oxygens (including phenoxy) is 1. The molecule has 1 aliphatic rings. The average molecular weight is 327 g/mol. The first-order valence-corrected chi connectivity index (χ1v) is 8.68. The molecule has 1 aromatic heterocycles. The molecule has 5 heteroatoms. The van der Waals surface area contributed by atoms with Gasteiger partial charge in [0.2, 0.25) is 0 Å². The molecule has 0 atom stereocenters. The highest BCUT2D eigenvalue weighted by Crippen LogP contribution is 2.34. The maximum atomic E-state index is 12.5. The summed E-state index contributed by atoms with van der Waals surface area (Å²) in [6, 6.07) is 6.24. The van der Waals surface area contributed by atoms with E-state index in [1.165, 1.54) is 5.56 Å². The Labute approximate surface area is 143 Å². The van der Waals surface area contributed by atoms with Crippen LogP contribution in [0.2, 0.25) is 0 Å². The lowest BCUT2D eigenvalue weighted by Gasteiger charge is -2.32. The van der Waals surface area contributed by atoms with Gasteiger partial charge in [-0.3, -0.25) is 4.98 Å². The molecule has 0 amide bonds. The Kier molecular flexibility index (Phi) is 5.00. The summed E-state index contributed by atoms with van der Waals surface area (Å²) in [5.41, 5.74) is 3.71. The maximum absolute atomic E-state index is 12.5. The normalized spacial score (nSPS) is 15.1. The Morgan fingerprint density at radius 2 is 2.08 bits per heavy atom. The van der Waals surface area contributed by atoms with E-state index in [0.717, 1.165) is 42.8 Å². The quantitative estimate of drug-likeness (QED) is 0.875. The summed E-state index contributed by atoms with van der Waals surface area (Å²) in [5.74, 6) is 0.0842. The van der Waals surface area contributed by atoms with Gasteiger partial charge in [-0.15, -0.1) is 0 Å². The second kappa shape index (κ2) is 7.18. The third-order valence-electron chi connectivity index (χ3n) is 4.45. The van der Waals surface area contributed by atoms with Crippen LogP contribution in [0.4, 0.5) is 5.69 Å². The summed E-state index contributed by atoms with van der Waals surface area (Å²) in [6.07, 6.45) is 1.68. The maximum Gasteiger partial charge on any atom is 0.341 e. The Morgan fingerprint density at radius 1 is 1.33 bits per heavy atom. The Hall–Kier alpha value is -2.14. The second-order valence-corrected chi connectivity index (χ2v) is 6.38. The average Bonchev–Trinajstić information content (AvgIpc) is 2.61. The van der Waals surface area contributed by atoms with Gasteiger partial charge in [-0.1, -0.05) is 32.0 Å². The first-order valence-electron chi connectivity index (χ1n) is 8.68. The van der Waals surface area contributed by atoms with Gasteiger partial charge >= 0.3 is 5.97 Å². The Balaban J connectivity index is 2.22. The van der Waals surface area contributed by atoms with Crippen molar-refractivity contribution >= 4 is 22.6 Å². The van der Waals surface area contributed by atoms with Gasteiger partial charge in [0.25, 0.3) is 0 Å². The number of aromatic nitrogens is 1. The standard InChI is InChI=1S/C19H25N3O2/c1-4-24-19(23)16-12-21-17-14(13(2)3)6-5-7-15(17)18(16)22-10-8-20-9-11-22/h5-7,12-13,20H,4,8-11H2,1-3H3. The Bertz CT molecular complexity index is 737. The molecule has 0 spiro atoms. The molecule has 0 aliphatic carbocycles. The third kappa shape index (κ3) is 3.08. The van der Waals surface area contributed by atoms with Crippen molar-refractivity contribution in [2.75, 3.05) is 37.7 Å². The molecule has 5 nitrogen and oxygen atoms in total. The summed E-state index contributed by atoms with van der Waals surface area (Å²) < 4.78 is 5.26. The van der Waals surface area contributed by atoms with Crippen molar-refractivity contribution in [3.63, 3.8) is 0 Å². The number of nitrogens with zero attached hydrogens (tertiary/aromatic N) is 2. The Morgan fingerprint density at radius 3 is 2.75 bits per heavy atom. The zero-order chi connectivity index (χ0) is 17.1. The fourth-order valence-electron chi connectivity index (χ4n) is 3.29. The van der Waals surface area contributed by atoms with Gasteiger partial charge in [-0.2, -0.15) is 0 Å². The molecule has 2 aromatic rings. The van der Waals surface area contributed by atoms with Crippen LogP contribution in [0, 0.1) is 0 Å². The number of hydrogen-bond donors (Lipinski definition) is 1. The lowest BCUT2D eigenvalue weighted by atomic mass is 9.97. The lowest BCUT2D eigenvalue weighted by Crippen LogP contribution is -2.44. The number of carbonyl (C=O) groups excluding carboxylic acids is 1. The molecule has 1 fully saturated rings. The molecular weight excluding hydrogens is 302 g/mol. The SMILES string of the molecule is CCOC(=O)c1cnc2c(C(C)C)cccc2c1N1CCNCC1. The molecule has 128 valence electrons. The fraction of sp³-hybridized carbons (Fsp3) is 0.474. The minimum absolute atomic E-state index is 0.296. The zero-order valence-corrected chi connectivity index (χ0v) is 14.6. The van der Waals surface area contributed by atoms with Crippen molar-refractivity contribution < 1.29 is 9.53 Å². The smallest absolute Gasteiger partial charge is 0.341 e. The molecule has 1 N–H and O–H groups in total. The molecule has 0 radical (unpaired) electrons. The van der Waals surface area contributed by atoms with Crippen molar-refractivity contribution in [1.82, 2.24) is 10.3 Å². The number of carbonyl (C=O) groups is 1. The minimum Gasteiger partial charge on any atom is -0.462 e. The predicted molar refractivity (Wildman–Crippen MR) is 96.9 cm³/mol. The summed E-state index contributed by atoms with van der Waals surface area (Å²) in [5, 5.41) is 4.40. The van der Waals surface area contributed by atoms with Crippen molar-refractivity contribution in [2.24, 2.45) is 0 Å². The van der Waals surface area contributed by atoms with Crippen LogP contribution in [0.15, 0.2) is 24.4 Å². The summed E-state index contributed by atoms with van der Waals surface area (Å²) in [6.45, 7) is 10.1. The molecule has 0 unspecified atom stereocenters. The predicted octanol–water partition coefficient (Wildman–Crippen LogP) is 2.94. The van der Waals surface area contributed by atoms with E-state index in [-0.39, 0.29) is 5.97 Å². The van der Waals surface area contributed by atoms with E-state index in [2.05, 4.69) is 47.2 Å². The molecule has 0 bridgehead atoms. The molecule has 3 rings (SSSR count). The fourth-order valence-corrected chi connectivity index (χ4v) is 3.29. The molecule has 2 heterocycles. The van der Waals surface area contributed by atoms with E-state index >= 15 is 0 Å². The number of para-hydroxylation sites is 1. The van der Waals surface area contributed by atoms with Crippen LogP contribution < -0.4 is 10.2 Å². The number of benzene rings is 1. The van der Waals surface area contributed by atoms with Gasteiger partial charge in [-0.05, 0) is 18.4 Å². The van der Waals surface area contributed by atoms with Crippen LogP contribution in [0.5, 0.6) is 0 Å². The van der Waals surface area contributed by atoms with Gasteiger partial charge < -0.3 is 15.0 Å². The first kappa shape index (κ1) is 16.7. The number of anilines is 1. The second-order valence-electron chi connectivity index (χ2n) is 6.38. The van der Waals surface area contributed by atoms with Gasteiger partial charge in [0.1, 0.15) is 5.56 Å². The van der Waals surface area contributed by atoms with E-state index in [9.17, 15) is 4.79 Å². The highest BCUT2D eigenvalue weighted by Gasteiger charge is 2.23. The number of nitrogens with one attached hydrogen (secondary N) is 1. The van der Waals surface area contributed by atoms with Gasteiger partial charge in [0, 0.05) is 37.8 Å². The van der Waals surface area contributed by atoms with Gasteiger partial charge in [-0.25, -0.2) is 4.79 Å². The molecule has 24 heavy (non-hydrogen) atoms. The van der Waals surface area contributed by atoms with Crippen molar-refractivity contribution in [1.29, 1.82) is 0 Å². The number of pyridine rings is 1. The number of piperazine rings is 1. The highest BCUT2D eigenvalue weighted by atomic mass is 16.5. The van der Waals surface area contributed by atoms with E-state index in [1.54, 1.807) is 6.20 Å². The largest absolute Gasteiger partial charge is 0.462 e. The molecule has 1 aliphatic heterocycles. The topological polar surface area (TPSA) is 54.5 Å². The monoisotopic (exact) mass is 327 g/mol. The molecular formula is C19H25N3O2. The number of rotatable bonds is 4. The van der Waals surface area contributed by atoms with Crippen molar-refractivity contribution in [3.05, 3.63) is 35.5 Å². The molecule has 0 saturated carbocycles. The van der Waals surface area contributed by atoms with Crippen molar-refractivity contribution in [2.45, 2.75) is 26.7 Å². The van der Waals surface area contributed by atoms with Gasteiger partial charge in [0.15, 0.2) is 0 Å². The molecule has 1 saturated heterocycles. The van der Waals surface area contributed by atoms with Crippen LogP contribution in [-0.4, -0.2) is 43.7 Å². The zero-order valence-electron chi connectivity index (χ0n) is 14.6. The summed E-state index contributed by atoms with van der Waals surface area (Å²) in [7, 11) is 0. The number of fused-ring (bicyclic) bond motifs is 1. The van der Waals surface area contributed by atoms with Crippen LogP contribution in [-0.2, 0) is 4.74 Å². The first-order chi connectivity index (χ1) is 11.6. The van der Waals surface area contributed by atoms with E-state index in [0.29, 0.717) is 18.1 Å². The minimum atomic E-state index is -0.296. The number of hydrogen-bond acceptors (Lipinski definition) is 5. The van der Waals surface area contributed by atoms with Crippen LogP contribution in [0.1, 0.15) is 42.6 Å². The summed E-state index contributed by atoms with van der Waals surface area (Å²) in [4.78, 5) is 19.4.